The molecule has 1 fully saturated rings. The zero-order chi connectivity index (χ0) is 8.55. The van der Waals surface area contributed by atoms with Crippen LogP contribution in [0.25, 0.3) is 0 Å². The summed E-state index contributed by atoms with van der Waals surface area (Å²) < 4.78 is 1.21. The Morgan fingerprint density at radius 1 is 1.42 bits per heavy atom. The molecule has 0 N–H and O–H groups in total. The molecule has 0 aliphatic heterocycles. The first kappa shape index (κ1) is 8.06. The van der Waals surface area contributed by atoms with Crippen molar-refractivity contribution in [3.63, 3.8) is 0 Å². The minimum Gasteiger partial charge on any atom is -0.0906 e. The summed E-state index contributed by atoms with van der Waals surface area (Å²) in [4.78, 5) is 0. The summed E-state index contributed by atoms with van der Waals surface area (Å²) in [5, 5.41) is 0. The van der Waals surface area contributed by atoms with Crippen molar-refractivity contribution < 1.29 is 0 Å². The smallest absolute Gasteiger partial charge is 0.0216 e. The maximum atomic E-state index is 3.62. The molecule has 1 aromatic rings. The highest BCUT2D eigenvalue weighted by molar-refractivity contribution is 9.10. The third-order valence-electron chi connectivity index (χ3n) is 2.22. The van der Waals surface area contributed by atoms with Gasteiger partial charge in [0.25, 0.3) is 0 Å². The Hall–Kier alpha value is -0.560. The van der Waals surface area contributed by atoms with Gasteiger partial charge in [0, 0.05) is 4.47 Å². The highest BCUT2D eigenvalue weighted by Crippen LogP contribution is 2.43. The Kier molecular flexibility index (Phi) is 2.05. The van der Waals surface area contributed by atoms with Crippen LogP contribution in [-0.4, -0.2) is 0 Å². The van der Waals surface area contributed by atoms with Crippen molar-refractivity contribution in [2.75, 3.05) is 0 Å². The second-order valence-electron chi connectivity index (χ2n) is 3.19. The molecule has 0 amide bonds. The molecule has 0 nitrogen and oxygen atoms in total. The topological polar surface area (TPSA) is 0 Å². The van der Waals surface area contributed by atoms with Crippen LogP contribution >= 0.6 is 15.9 Å². The minimum absolute atomic E-state index is 0.804. The van der Waals surface area contributed by atoms with E-state index in [1.54, 1.807) is 0 Å². The lowest BCUT2D eigenvalue weighted by Gasteiger charge is -2.02. The van der Waals surface area contributed by atoms with Crippen LogP contribution in [-0.2, 0) is 0 Å². The van der Waals surface area contributed by atoms with E-state index in [0.717, 1.165) is 11.5 Å². The van der Waals surface area contributed by atoms with Crippen molar-refractivity contribution in [3.8, 4) is 0 Å². The molecule has 0 spiro atoms. The minimum atomic E-state index is 0.804. The van der Waals surface area contributed by atoms with Gasteiger partial charge in [-0.1, -0.05) is 34.6 Å². The summed E-state index contributed by atoms with van der Waals surface area (Å²) >= 11 is 3.56. The zero-order valence-corrected chi connectivity index (χ0v) is 8.39. The van der Waals surface area contributed by atoms with Gasteiger partial charge in [-0.3, -0.25) is 0 Å². The lowest BCUT2D eigenvalue weighted by atomic mass is 10.1. The van der Waals surface area contributed by atoms with Gasteiger partial charge in [0.2, 0.25) is 0 Å². The van der Waals surface area contributed by atoms with Crippen LogP contribution in [0.1, 0.15) is 29.9 Å². The number of rotatable bonds is 2. The van der Waals surface area contributed by atoms with Crippen LogP contribution in [0.15, 0.2) is 29.3 Å². The molecule has 1 radical (unpaired) electrons. The first-order valence-electron chi connectivity index (χ1n) is 4.14. The summed E-state index contributed by atoms with van der Waals surface area (Å²) in [6.07, 6.45) is 5.56. The summed E-state index contributed by atoms with van der Waals surface area (Å²) in [5.74, 6) is 0.804. The predicted octanol–water partition coefficient (Wildman–Crippen LogP) is 3.66. The monoisotopic (exact) mass is 221 g/mol. The molecule has 0 heterocycles. The lowest BCUT2D eigenvalue weighted by Crippen LogP contribution is -1.83. The van der Waals surface area contributed by atoms with E-state index in [4.69, 9.17) is 0 Å². The number of hydrogen-bond acceptors (Lipinski definition) is 0. The van der Waals surface area contributed by atoms with Gasteiger partial charge in [0.05, 0.1) is 0 Å². The Labute approximate surface area is 81.4 Å². The molecule has 0 unspecified atom stereocenters. The first-order valence-corrected chi connectivity index (χ1v) is 4.93. The van der Waals surface area contributed by atoms with Gasteiger partial charge < -0.3 is 0 Å². The van der Waals surface area contributed by atoms with Gasteiger partial charge in [-0.15, -0.1) is 0 Å². The summed E-state index contributed by atoms with van der Waals surface area (Å²) in [6, 6.07) is 6.33. The molecule has 1 heteroatoms. The Morgan fingerprint density at radius 3 is 2.67 bits per heavy atom. The SMILES string of the molecule is C=[C]c1ccc(C2CC2)c(Br)c1. The standard InChI is InChI=1S/C11H10Br/c1-2-8-3-6-10(9-4-5-9)11(12)7-8/h3,6-7,9H,1,4-5H2. The molecule has 1 aliphatic carbocycles. The van der Waals surface area contributed by atoms with Crippen LogP contribution in [0.3, 0.4) is 0 Å². The van der Waals surface area contributed by atoms with Crippen molar-refractivity contribution in [2.45, 2.75) is 18.8 Å². The van der Waals surface area contributed by atoms with Gasteiger partial charge >= 0.3 is 0 Å². The fourth-order valence-corrected chi connectivity index (χ4v) is 2.07. The summed E-state index contributed by atoms with van der Waals surface area (Å²) in [6.45, 7) is 3.62. The molecule has 0 aromatic heterocycles. The van der Waals surface area contributed by atoms with Crippen LogP contribution in [0.2, 0.25) is 0 Å². The average molecular weight is 222 g/mol. The van der Waals surface area contributed by atoms with Crippen molar-refractivity contribution in [3.05, 3.63) is 46.5 Å². The summed E-state index contributed by atoms with van der Waals surface area (Å²) in [7, 11) is 0. The van der Waals surface area contributed by atoms with Gasteiger partial charge in [0.1, 0.15) is 0 Å². The molecular weight excluding hydrogens is 212 g/mol. The Bertz CT molecular complexity index is 311. The molecule has 12 heavy (non-hydrogen) atoms. The quantitative estimate of drug-likeness (QED) is 0.716. The Morgan fingerprint density at radius 2 is 2.17 bits per heavy atom. The fourth-order valence-electron chi connectivity index (χ4n) is 1.36. The van der Waals surface area contributed by atoms with E-state index < -0.39 is 0 Å². The first-order chi connectivity index (χ1) is 5.81. The van der Waals surface area contributed by atoms with Crippen LogP contribution in [0.4, 0.5) is 0 Å². The van der Waals surface area contributed by atoms with Crippen molar-refractivity contribution in [1.82, 2.24) is 0 Å². The predicted molar refractivity (Wildman–Crippen MR) is 54.1 cm³/mol. The maximum absolute atomic E-state index is 3.62. The van der Waals surface area contributed by atoms with Crippen molar-refractivity contribution in [2.24, 2.45) is 0 Å². The van der Waals surface area contributed by atoms with Gasteiger partial charge in [-0.05, 0) is 42.0 Å². The number of hydrogen-bond donors (Lipinski definition) is 0. The third-order valence-corrected chi connectivity index (χ3v) is 2.91. The maximum Gasteiger partial charge on any atom is 0.0216 e. The van der Waals surface area contributed by atoms with Gasteiger partial charge in [0.15, 0.2) is 0 Å². The third kappa shape index (κ3) is 1.46. The largest absolute Gasteiger partial charge is 0.0906 e. The van der Waals surface area contributed by atoms with E-state index in [0.29, 0.717) is 0 Å². The molecule has 1 saturated carbocycles. The van der Waals surface area contributed by atoms with Crippen molar-refractivity contribution in [1.29, 1.82) is 0 Å². The van der Waals surface area contributed by atoms with E-state index in [2.05, 4.69) is 46.8 Å². The number of benzene rings is 1. The normalized spacial score (nSPS) is 16.1. The number of halogens is 1. The lowest BCUT2D eigenvalue weighted by molar-refractivity contribution is 1.11. The molecule has 1 aromatic carbocycles. The van der Waals surface area contributed by atoms with E-state index in [-0.39, 0.29) is 0 Å². The molecule has 1 aliphatic rings. The van der Waals surface area contributed by atoms with Crippen LogP contribution < -0.4 is 0 Å². The molecular formula is C11H10Br. The fraction of sp³-hybridized carbons (Fsp3) is 0.273. The van der Waals surface area contributed by atoms with Gasteiger partial charge in [-0.2, -0.15) is 0 Å². The molecule has 0 bridgehead atoms. The highest BCUT2D eigenvalue weighted by Gasteiger charge is 2.25. The van der Waals surface area contributed by atoms with Gasteiger partial charge in [-0.25, -0.2) is 0 Å². The Balaban J connectivity index is 2.38. The van der Waals surface area contributed by atoms with Crippen LogP contribution in [0, 0.1) is 6.08 Å². The molecule has 0 atom stereocenters. The van der Waals surface area contributed by atoms with Crippen molar-refractivity contribution >= 4 is 15.9 Å². The second kappa shape index (κ2) is 3.06. The second-order valence-corrected chi connectivity index (χ2v) is 4.04. The highest BCUT2D eigenvalue weighted by atomic mass is 79.9. The van der Waals surface area contributed by atoms with E-state index in [9.17, 15) is 0 Å². The molecule has 2 rings (SSSR count). The van der Waals surface area contributed by atoms with E-state index in [1.807, 2.05) is 0 Å². The van der Waals surface area contributed by atoms with E-state index in [1.165, 1.54) is 22.9 Å². The zero-order valence-electron chi connectivity index (χ0n) is 6.81. The summed E-state index contributed by atoms with van der Waals surface area (Å²) in [5.41, 5.74) is 2.50. The van der Waals surface area contributed by atoms with E-state index >= 15 is 0 Å². The average Bonchev–Trinajstić information content (AvgIpc) is 2.87. The molecule has 61 valence electrons. The van der Waals surface area contributed by atoms with Crippen LogP contribution in [0.5, 0.6) is 0 Å². The molecule has 0 saturated heterocycles.